The number of halogens is 1. The largest absolute Gasteiger partial charge is 0.369 e. The Bertz CT molecular complexity index is 543. The topological polar surface area (TPSA) is 29.9 Å². The van der Waals surface area contributed by atoms with Gasteiger partial charge in [-0.25, -0.2) is 4.68 Å². The van der Waals surface area contributed by atoms with Gasteiger partial charge in [-0.05, 0) is 59.7 Å². The summed E-state index contributed by atoms with van der Waals surface area (Å²) >= 11 is 2.32. The van der Waals surface area contributed by atoms with Crippen molar-refractivity contribution in [3.63, 3.8) is 0 Å². The molecule has 1 aromatic carbocycles. The second-order valence-corrected chi connectivity index (χ2v) is 5.44. The normalized spacial score (nSPS) is 13.5. The van der Waals surface area contributed by atoms with Crippen LogP contribution < -0.4 is 5.32 Å². The molecule has 0 bridgehead atoms. The number of benzene rings is 1. The lowest BCUT2D eigenvalue weighted by Crippen LogP contribution is -2.04. The number of aromatic nitrogens is 2. The molecule has 2 aromatic rings. The summed E-state index contributed by atoms with van der Waals surface area (Å²) in [6.07, 6.45) is 2.10. The summed E-state index contributed by atoms with van der Waals surface area (Å²) in [5.74, 6) is 1.18. The van der Waals surface area contributed by atoms with E-state index in [0.29, 0.717) is 0 Å². The summed E-state index contributed by atoms with van der Waals surface area (Å²) in [6, 6.07) is 8.47. The highest BCUT2D eigenvalue weighted by atomic mass is 127. The molecule has 0 fully saturated rings. The van der Waals surface area contributed by atoms with E-state index in [2.05, 4.69) is 59.1 Å². The predicted molar refractivity (Wildman–Crippen MR) is 77.9 cm³/mol. The van der Waals surface area contributed by atoms with Crippen LogP contribution in [-0.2, 0) is 12.8 Å². The Morgan fingerprint density at radius 2 is 2.12 bits per heavy atom. The molecule has 0 unspecified atom stereocenters. The molecule has 1 aliphatic rings. The average Bonchev–Trinajstić information content (AvgIpc) is 2.91. The molecule has 17 heavy (non-hydrogen) atoms. The number of fused-ring (bicyclic) bond motifs is 1. The van der Waals surface area contributed by atoms with Crippen molar-refractivity contribution in [3.8, 4) is 5.69 Å². The number of hydrogen-bond acceptors (Lipinski definition) is 2. The van der Waals surface area contributed by atoms with E-state index in [4.69, 9.17) is 5.10 Å². The smallest absolute Gasteiger partial charge is 0.133 e. The lowest BCUT2D eigenvalue weighted by molar-refractivity contribution is 0.832. The number of aryl methyl sites for hydroxylation is 1. The van der Waals surface area contributed by atoms with Gasteiger partial charge >= 0.3 is 0 Å². The number of nitrogens with one attached hydrogen (secondary N) is 1. The second kappa shape index (κ2) is 4.33. The van der Waals surface area contributed by atoms with Crippen LogP contribution in [0.1, 0.15) is 18.2 Å². The van der Waals surface area contributed by atoms with Crippen molar-refractivity contribution in [2.75, 3.05) is 11.9 Å². The quantitative estimate of drug-likeness (QED) is 0.853. The van der Waals surface area contributed by atoms with Gasteiger partial charge < -0.3 is 5.32 Å². The van der Waals surface area contributed by atoms with Crippen LogP contribution in [-0.4, -0.2) is 16.3 Å². The zero-order valence-electron chi connectivity index (χ0n) is 9.70. The molecule has 3 nitrogen and oxygen atoms in total. The molecule has 88 valence electrons. The highest BCUT2D eigenvalue weighted by Gasteiger charge is 2.21. The number of rotatable bonds is 2. The Balaban J connectivity index is 2.12. The predicted octanol–water partition coefficient (Wildman–Crippen LogP) is 3.01. The molecular weight excluding hydrogens is 325 g/mol. The molecule has 1 N–H and O–H groups in total. The lowest BCUT2D eigenvalue weighted by Gasteiger charge is -2.06. The van der Waals surface area contributed by atoms with Crippen LogP contribution >= 0.6 is 22.6 Å². The van der Waals surface area contributed by atoms with E-state index >= 15 is 0 Å². The van der Waals surface area contributed by atoms with Crippen LogP contribution in [0.3, 0.4) is 0 Å². The Hall–Kier alpha value is -1.04. The zero-order chi connectivity index (χ0) is 11.8. The van der Waals surface area contributed by atoms with Crippen LogP contribution in [0, 0.1) is 3.57 Å². The lowest BCUT2D eigenvalue weighted by atomic mass is 10.2. The van der Waals surface area contributed by atoms with E-state index in [1.807, 2.05) is 4.68 Å². The number of nitrogens with zero attached hydrogens (tertiary/aromatic N) is 2. The van der Waals surface area contributed by atoms with Crippen LogP contribution in [0.15, 0.2) is 24.3 Å². The van der Waals surface area contributed by atoms with Crippen LogP contribution in [0.5, 0.6) is 0 Å². The SMILES string of the molecule is CCc1nn(-c2ccc(I)cc2)c2c1CCN2. The molecule has 1 aromatic heterocycles. The first kappa shape index (κ1) is 11.1. The van der Waals surface area contributed by atoms with Crippen LogP contribution in [0.25, 0.3) is 5.69 Å². The van der Waals surface area contributed by atoms with Gasteiger partial charge in [0.15, 0.2) is 0 Å². The standard InChI is InChI=1S/C13H14IN3/c1-2-12-11-7-8-15-13(11)17(16-12)10-5-3-9(14)4-6-10/h3-6,15H,2,7-8H2,1H3. The fraction of sp³-hybridized carbons (Fsp3) is 0.308. The maximum atomic E-state index is 4.70. The summed E-state index contributed by atoms with van der Waals surface area (Å²) in [5.41, 5.74) is 3.75. The van der Waals surface area contributed by atoms with Gasteiger partial charge in [0.25, 0.3) is 0 Å². The minimum absolute atomic E-state index is 1.00. The fourth-order valence-electron chi connectivity index (χ4n) is 2.30. The van der Waals surface area contributed by atoms with Crippen molar-refractivity contribution in [3.05, 3.63) is 39.1 Å². The monoisotopic (exact) mass is 339 g/mol. The molecule has 0 saturated heterocycles. The van der Waals surface area contributed by atoms with Gasteiger partial charge in [-0.15, -0.1) is 0 Å². The van der Waals surface area contributed by atoms with Gasteiger partial charge in [-0.1, -0.05) is 6.92 Å². The van der Waals surface area contributed by atoms with Crippen molar-refractivity contribution in [2.45, 2.75) is 19.8 Å². The highest BCUT2D eigenvalue weighted by Crippen LogP contribution is 2.28. The Morgan fingerprint density at radius 1 is 1.35 bits per heavy atom. The molecule has 2 heterocycles. The first-order valence-electron chi connectivity index (χ1n) is 5.90. The minimum Gasteiger partial charge on any atom is -0.369 e. The maximum Gasteiger partial charge on any atom is 0.133 e. The van der Waals surface area contributed by atoms with Crippen molar-refractivity contribution >= 4 is 28.4 Å². The summed E-state index contributed by atoms with van der Waals surface area (Å²) in [6.45, 7) is 3.20. The molecule has 0 amide bonds. The van der Waals surface area contributed by atoms with Gasteiger partial charge in [-0.3, -0.25) is 0 Å². The third-order valence-electron chi connectivity index (χ3n) is 3.14. The van der Waals surface area contributed by atoms with Gasteiger partial charge in [0.1, 0.15) is 5.82 Å². The van der Waals surface area contributed by atoms with Crippen molar-refractivity contribution in [1.82, 2.24) is 9.78 Å². The van der Waals surface area contributed by atoms with Crippen molar-refractivity contribution in [2.24, 2.45) is 0 Å². The van der Waals surface area contributed by atoms with Crippen molar-refractivity contribution in [1.29, 1.82) is 0 Å². The summed E-state index contributed by atoms with van der Waals surface area (Å²) < 4.78 is 3.29. The van der Waals surface area contributed by atoms with Crippen molar-refractivity contribution < 1.29 is 0 Å². The Labute approximate surface area is 114 Å². The summed E-state index contributed by atoms with van der Waals surface area (Å²) in [7, 11) is 0. The Morgan fingerprint density at radius 3 is 2.82 bits per heavy atom. The molecule has 0 radical (unpaired) electrons. The molecule has 0 saturated carbocycles. The molecule has 4 heteroatoms. The molecule has 0 atom stereocenters. The number of hydrogen-bond donors (Lipinski definition) is 1. The van der Waals surface area contributed by atoms with Crippen LogP contribution in [0.2, 0.25) is 0 Å². The van der Waals surface area contributed by atoms with Gasteiger partial charge in [0.2, 0.25) is 0 Å². The zero-order valence-corrected chi connectivity index (χ0v) is 11.9. The second-order valence-electron chi connectivity index (χ2n) is 4.19. The van der Waals surface area contributed by atoms with E-state index in [-0.39, 0.29) is 0 Å². The fourth-order valence-corrected chi connectivity index (χ4v) is 2.66. The Kier molecular flexibility index (Phi) is 2.82. The van der Waals surface area contributed by atoms with Gasteiger partial charge in [0.05, 0.1) is 11.4 Å². The van der Waals surface area contributed by atoms with E-state index in [9.17, 15) is 0 Å². The minimum atomic E-state index is 1.00. The molecule has 0 aliphatic carbocycles. The first-order valence-corrected chi connectivity index (χ1v) is 6.98. The van der Waals surface area contributed by atoms with E-state index in [0.717, 1.165) is 25.1 Å². The molecule has 1 aliphatic heterocycles. The molecule has 0 spiro atoms. The van der Waals surface area contributed by atoms with E-state index in [1.165, 1.54) is 20.6 Å². The first-order chi connectivity index (χ1) is 8.29. The number of anilines is 1. The average molecular weight is 339 g/mol. The highest BCUT2D eigenvalue weighted by molar-refractivity contribution is 14.1. The third kappa shape index (κ3) is 1.84. The maximum absolute atomic E-state index is 4.70. The van der Waals surface area contributed by atoms with E-state index in [1.54, 1.807) is 0 Å². The van der Waals surface area contributed by atoms with Crippen LogP contribution in [0.4, 0.5) is 5.82 Å². The summed E-state index contributed by atoms with van der Waals surface area (Å²) in [5, 5.41) is 8.14. The van der Waals surface area contributed by atoms with E-state index < -0.39 is 0 Å². The van der Waals surface area contributed by atoms with Gasteiger partial charge in [-0.2, -0.15) is 5.10 Å². The molecule has 3 rings (SSSR count). The summed E-state index contributed by atoms with van der Waals surface area (Å²) in [4.78, 5) is 0. The van der Waals surface area contributed by atoms with Gasteiger partial charge in [0, 0.05) is 15.7 Å². The molecular formula is C13H14IN3. The third-order valence-corrected chi connectivity index (χ3v) is 3.86.